The number of fused-ring (bicyclic) bond motifs is 2. The fraction of sp³-hybridized carbons (Fsp3) is 0.244. The first-order valence-electron chi connectivity index (χ1n) is 18.5. The molecule has 0 unspecified atom stereocenters. The van der Waals surface area contributed by atoms with Crippen LogP contribution in [0.3, 0.4) is 0 Å². The summed E-state index contributed by atoms with van der Waals surface area (Å²) in [6.07, 6.45) is 3.18. The van der Waals surface area contributed by atoms with Crippen molar-refractivity contribution in [2.75, 3.05) is 43.2 Å². The Morgan fingerprint density at radius 3 is 2.59 bits per heavy atom. The zero-order valence-electron chi connectivity index (χ0n) is 32.3. The van der Waals surface area contributed by atoms with Gasteiger partial charge >= 0.3 is 0 Å². The highest BCUT2D eigenvalue weighted by molar-refractivity contribution is 7.99. The Bertz CT molecular complexity index is 2560. The van der Waals surface area contributed by atoms with E-state index < -0.39 is 15.9 Å². The third-order valence-corrected chi connectivity index (χ3v) is 13.2. The Labute approximate surface area is 349 Å². The van der Waals surface area contributed by atoms with E-state index >= 15 is 0 Å². The summed E-state index contributed by atoms with van der Waals surface area (Å²) in [6.45, 7) is 1.70. The third-order valence-electron chi connectivity index (χ3n) is 9.73. The molecule has 0 fully saturated rings. The maximum Gasteiger partial charge on any atom is 0.283 e. The van der Waals surface area contributed by atoms with Crippen molar-refractivity contribution in [3.63, 3.8) is 0 Å². The average Bonchev–Trinajstić information content (AvgIpc) is 3.62. The van der Waals surface area contributed by atoms with Crippen molar-refractivity contribution in [1.29, 1.82) is 0 Å². The molecule has 0 bridgehead atoms. The number of halogens is 1. The predicted octanol–water partition coefficient (Wildman–Crippen LogP) is 4.82. The van der Waals surface area contributed by atoms with E-state index in [1.54, 1.807) is 36.0 Å². The number of quaternary nitrogens is 1. The quantitative estimate of drug-likeness (QED) is 0.0814. The summed E-state index contributed by atoms with van der Waals surface area (Å²) in [5, 5.41) is 13.4. The number of sulfonamides is 1. The normalized spacial score (nSPS) is 13.1. The summed E-state index contributed by atoms with van der Waals surface area (Å²) in [7, 11) is -0.387. The lowest BCUT2D eigenvalue weighted by Gasteiger charge is -2.31. The van der Waals surface area contributed by atoms with Crippen LogP contribution in [0.2, 0.25) is 0 Å². The number of nitrogens with one attached hydrogen (secondary N) is 2. The smallest absolute Gasteiger partial charge is 0.283 e. The van der Waals surface area contributed by atoms with Gasteiger partial charge in [-0.2, -0.15) is 5.48 Å². The third kappa shape index (κ3) is 10.6. The van der Waals surface area contributed by atoms with Crippen molar-refractivity contribution < 1.29 is 38.6 Å². The lowest BCUT2D eigenvalue weighted by Crippen LogP contribution is -2.74. The number of carbonyl (C=O) groups excluding carboxylic acids is 2. The summed E-state index contributed by atoms with van der Waals surface area (Å²) in [4.78, 5) is 45.2. The van der Waals surface area contributed by atoms with Gasteiger partial charge in [-0.25, -0.2) is 32.7 Å². The van der Waals surface area contributed by atoms with Crippen LogP contribution in [-0.4, -0.2) is 83.7 Å². The summed E-state index contributed by atoms with van der Waals surface area (Å²) in [6, 6.07) is 25.9. The number of nitrogens with zero attached hydrogens (tertiary/aromatic N) is 5. The van der Waals surface area contributed by atoms with Crippen molar-refractivity contribution in [3.8, 4) is 0 Å². The molecule has 0 aliphatic carbocycles. The van der Waals surface area contributed by atoms with Crippen LogP contribution in [0.25, 0.3) is 10.2 Å². The molecule has 18 heteroatoms. The fourth-order valence-electron chi connectivity index (χ4n) is 6.67. The Balaban J connectivity index is 0.00000585. The minimum Gasteiger partial charge on any atom is -0.412 e. The van der Waals surface area contributed by atoms with Crippen LogP contribution < -0.4 is 20.4 Å². The average molecular weight is 860 g/mol. The minimum atomic E-state index is -4.41. The van der Waals surface area contributed by atoms with E-state index in [1.807, 2.05) is 49.3 Å². The summed E-state index contributed by atoms with van der Waals surface area (Å²) < 4.78 is 43.5. The number of thiazole rings is 1. The first-order valence-corrected chi connectivity index (χ1v) is 21.8. The fourth-order valence-corrected chi connectivity index (χ4v) is 9.56. The number of hydrogen-bond donors (Lipinski definition) is 4. The minimum absolute atomic E-state index is 0. The molecule has 59 heavy (non-hydrogen) atoms. The van der Waals surface area contributed by atoms with E-state index in [0.717, 1.165) is 40.2 Å². The first kappa shape index (κ1) is 43.2. The largest absolute Gasteiger partial charge is 0.412 e. The van der Waals surface area contributed by atoms with Crippen LogP contribution in [-0.2, 0) is 29.4 Å². The molecule has 0 saturated heterocycles. The van der Waals surface area contributed by atoms with Gasteiger partial charge in [-0.1, -0.05) is 47.7 Å². The van der Waals surface area contributed by atoms with E-state index in [0.29, 0.717) is 58.4 Å². The predicted molar refractivity (Wildman–Crippen MR) is 226 cm³/mol. The lowest BCUT2D eigenvalue weighted by molar-refractivity contribution is -0.826. The zero-order chi connectivity index (χ0) is 40.8. The standard InChI is InChI=1S/C41H41FN8O5S3.H2O/c1-49(2)18-16-26(25-56-29-9-4-3-5-10-29)20-35-36(47-53)22-30(23-43-35)58(54,55)48-40(52)34-12-7-13-38(44-34)50-19-17-27-8-6-11-31(32(27)24-50)39(51)46-41-45-33-15-14-28(42)21-37(33)57-41;/h3-15,21-23,26,47,53H,16-20,24-25H2,1-2H3,(H,48,52)(H,45,46,51);1H2/p+1/t26-;/m0./s1. The Hall–Kier alpha value is -5.34. The van der Waals surface area contributed by atoms with Gasteiger partial charge in [0.1, 0.15) is 27.9 Å². The maximum atomic E-state index is 13.7. The van der Waals surface area contributed by atoms with Gasteiger partial charge in [-0.05, 0) is 105 Å². The second-order valence-electron chi connectivity index (χ2n) is 14.1. The highest BCUT2D eigenvalue weighted by Crippen LogP contribution is 2.30. The highest BCUT2D eigenvalue weighted by atomic mass is 32.2. The Kier molecular flexibility index (Phi) is 14.0. The van der Waals surface area contributed by atoms with Gasteiger partial charge < -0.3 is 15.3 Å². The van der Waals surface area contributed by atoms with Crippen LogP contribution in [0.1, 0.15) is 44.1 Å². The second-order valence-corrected chi connectivity index (χ2v) is 17.9. The van der Waals surface area contributed by atoms with Gasteiger partial charge in [0.05, 0.1) is 10.2 Å². The number of hydrogen-bond acceptors (Lipinski definition) is 12. The van der Waals surface area contributed by atoms with Gasteiger partial charge in [-0.3, -0.25) is 19.9 Å². The molecule has 4 heterocycles. The number of pyridine rings is 2. The number of carbonyl (C=O) groups is 2. The number of rotatable bonds is 15. The molecule has 14 nitrogen and oxygen atoms in total. The molecule has 6 aromatic rings. The topological polar surface area (TPSA) is 206 Å². The van der Waals surface area contributed by atoms with Gasteiger partial charge in [-0.15, -0.1) is 11.8 Å². The van der Waals surface area contributed by atoms with Gasteiger partial charge in [0, 0.05) is 41.6 Å². The number of amides is 2. The molecule has 3 aromatic carbocycles. The van der Waals surface area contributed by atoms with Crippen LogP contribution in [0.15, 0.2) is 107 Å². The van der Waals surface area contributed by atoms with Crippen molar-refractivity contribution in [1.82, 2.24) is 24.6 Å². The second kappa shape index (κ2) is 19.2. The van der Waals surface area contributed by atoms with Crippen molar-refractivity contribution in [3.05, 3.63) is 131 Å². The van der Waals surface area contributed by atoms with Crippen LogP contribution in [0.4, 0.5) is 21.0 Å². The highest BCUT2D eigenvalue weighted by Gasteiger charge is 2.27. The molecule has 3 aromatic heterocycles. The van der Waals surface area contributed by atoms with Crippen molar-refractivity contribution >= 4 is 71.8 Å². The zero-order valence-corrected chi connectivity index (χ0v) is 34.7. The summed E-state index contributed by atoms with van der Waals surface area (Å²) in [5.74, 6) is -0.256. The number of nitrogens with two attached hydrogens (primary N) is 1. The number of aromatic nitrogens is 3. The molecular formula is C41H44FN8O6S3+. The maximum absolute atomic E-state index is 13.7. The summed E-state index contributed by atoms with van der Waals surface area (Å²) >= 11 is 2.92. The molecule has 1 atom stereocenters. The van der Waals surface area contributed by atoms with Gasteiger partial charge in [0.2, 0.25) is 0 Å². The molecular weight excluding hydrogens is 816 g/mol. The molecule has 0 spiro atoms. The molecule has 308 valence electrons. The van der Waals surface area contributed by atoms with Gasteiger partial charge in [0.15, 0.2) is 10.8 Å². The molecule has 7 N–H and O–H groups in total. The molecule has 0 saturated carbocycles. The van der Waals surface area contributed by atoms with Crippen molar-refractivity contribution in [2.24, 2.45) is 5.92 Å². The van der Waals surface area contributed by atoms with Crippen LogP contribution >= 0.6 is 23.1 Å². The molecule has 1 aliphatic heterocycles. The molecule has 0 radical (unpaired) electrons. The van der Waals surface area contributed by atoms with Crippen LogP contribution in [0, 0.1) is 11.7 Å². The van der Waals surface area contributed by atoms with E-state index in [2.05, 4.69) is 42.0 Å². The molecule has 2 amide bonds. The SMILES string of the molecule is CN(C)CC[C@H](CSc1ccccc1)Cc1ncc(S(=O)(=O)NC(=O)c2cccc(N3CCc4cccc(C(=O)Nc5nc6ccc(F)cc6s5)c4C3)n2)cc1[NH2+]O.O. The molecule has 1 aliphatic rings. The Morgan fingerprint density at radius 1 is 1.02 bits per heavy atom. The van der Waals surface area contributed by atoms with Gasteiger partial charge in [0.25, 0.3) is 21.8 Å². The van der Waals surface area contributed by atoms with E-state index in [-0.39, 0.29) is 39.4 Å². The number of anilines is 2. The van der Waals surface area contributed by atoms with Crippen LogP contribution in [0.5, 0.6) is 0 Å². The molecule has 7 rings (SSSR count). The van der Waals surface area contributed by atoms with E-state index in [4.69, 9.17) is 0 Å². The van der Waals surface area contributed by atoms with Crippen molar-refractivity contribution in [2.45, 2.75) is 35.6 Å². The number of thioether (sulfide) groups is 1. The lowest BCUT2D eigenvalue weighted by atomic mass is 9.94. The Morgan fingerprint density at radius 2 is 1.81 bits per heavy atom. The number of benzene rings is 3. The summed E-state index contributed by atoms with van der Waals surface area (Å²) in [5.41, 5.74) is 4.33. The van der Waals surface area contributed by atoms with E-state index in [1.165, 1.54) is 41.8 Å². The first-order chi connectivity index (χ1) is 27.9. The monoisotopic (exact) mass is 859 g/mol. The van der Waals surface area contributed by atoms with E-state index in [9.17, 15) is 27.6 Å².